The van der Waals surface area contributed by atoms with Crippen molar-refractivity contribution in [3.8, 4) is 0 Å². The van der Waals surface area contributed by atoms with Gasteiger partial charge in [-0.05, 0) is 30.3 Å². The second-order valence-electron chi connectivity index (χ2n) is 5.52. The van der Waals surface area contributed by atoms with Gasteiger partial charge in [-0.1, -0.05) is 17.7 Å². The van der Waals surface area contributed by atoms with E-state index in [9.17, 15) is 14.9 Å². The summed E-state index contributed by atoms with van der Waals surface area (Å²) in [5.41, 5.74) is 1.21. The Bertz CT molecular complexity index is 806. The fourth-order valence-electron chi connectivity index (χ4n) is 2.65. The maximum atomic E-state index is 12.3. The maximum Gasteiger partial charge on any atom is 0.294 e. The number of nitrogens with zero attached hydrogens (tertiary/aromatic N) is 2. The molecule has 0 unspecified atom stereocenters. The average Bonchev–Trinajstić information content (AvgIpc) is 2.62. The van der Waals surface area contributed by atoms with Gasteiger partial charge in [-0.3, -0.25) is 14.9 Å². The highest BCUT2D eigenvalue weighted by molar-refractivity contribution is 6.31. The van der Waals surface area contributed by atoms with Gasteiger partial charge in [0, 0.05) is 35.4 Å². The lowest BCUT2D eigenvalue weighted by Gasteiger charge is -2.28. The highest BCUT2D eigenvalue weighted by Gasteiger charge is 2.22. The Morgan fingerprint density at radius 1 is 1.20 bits per heavy atom. The van der Waals surface area contributed by atoms with Crippen LogP contribution >= 0.6 is 11.6 Å². The molecule has 0 radical (unpaired) electrons. The Morgan fingerprint density at radius 2 is 1.96 bits per heavy atom. The molecule has 25 heavy (non-hydrogen) atoms. The van der Waals surface area contributed by atoms with Gasteiger partial charge in [0.15, 0.2) is 0 Å². The molecule has 0 atom stereocenters. The molecule has 0 spiro atoms. The van der Waals surface area contributed by atoms with Gasteiger partial charge in [0.05, 0.1) is 18.1 Å². The van der Waals surface area contributed by atoms with Crippen LogP contribution in [0.25, 0.3) is 0 Å². The fourth-order valence-corrected chi connectivity index (χ4v) is 2.84. The van der Waals surface area contributed by atoms with E-state index in [1.807, 2.05) is 4.90 Å². The molecule has 7 nitrogen and oxygen atoms in total. The second kappa shape index (κ2) is 7.50. The summed E-state index contributed by atoms with van der Waals surface area (Å²) in [4.78, 5) is 25.2. The number of nitro groups is 1. The fraction of sp³-hybridized carbons (Fsp3) is 0.235. The first-order chi connectivity index (χ1) is 12.0. The molecule has 1 amide bonds. The molecule has 130 valence electrons. The summed E-state index contributed by atoms with van der Waals surface area (Å²) < 4.78 is 5.28. The van der Waals surface area contributed by atoms with Crippen LogP contribution in [0.3, 0.4) is 0 Å². The topological polar surface area (TPSA) is 84.7 Å². The Labute approximate surface area is 149 Å². The second-order valence-corrected chi connectivity index (χ2v) is 5.96. The zero-order chi connectivity index (χ0) is 17.8. The number of ether oxygens (including phenoxy) is 1. The van der Waals surface area contributed by atoms with Crippen molar-refractivity contribution in [2.75, 3.05) is 36.5 Å². The molecule has 1 heterocycles. The van der Waals surface area contributed by atoms with Gasteiger partial charge in [0.2, 0.25) is 0 Å². The minimum Gasteiger partial charge on any atom is -0.378 e. The van der Waals surface area contributed by atoms with E-state index >= 15 is 0 Å². The molecule has 0 aliphatic carbocycles. The predicted molar refractivity (Wildman–Crippen MR) is 95.5 cm³/mol. The maximum absolute atomic E-state index is 12.3. The van der Waals surface area contributed by atoms with Crippen LogP contribution < -0.4 is 10.2 Å². The molecule has 0 aromatic heterocycles. The summed E-state index contributed by atoms with van der Waals surface area (Å²) in [6, 6.07) is 11.2. The number of carbonyl (C=O) groups excluding carboxylic acids is 1. The third-order valence-corrected chi connectivity index (χ3v) is 4.10. The first-order valence-electron chi connectivity index (χ1n) is 7.72. The molecular weight excluding hydrogens is 346 g/mol. The average molecular weight is 362 g/mol. The van der Waals surface area contributed by atoms with E-state index in [0.717, 1.165) is 0 Å². The van der Waals surface area contributed by atoms with Gasteiger partial charge in [0.25, 0.3) is 11.6 Å². The Kier molecular flexibility index (Phi) is 5.16. The molecule has 8 heteroatoms. The van der Waals surface area contributed by atoms with Gasteiger partial charge >= 0.3 is 0 Å². The van der Waals surface area contributed by atoms with Crippen LogP contribution in [0, 0.1) is 10.1 Å². The molecule has 0 saturated carbocycles. The van der Waals surface area contributed by atoms with E-state index < -0.39 is 4.92 Å². The number of rotatable bonds is 4. The van der Waals surface area contributed by atoms with Crippen molar-refractivity contribution in [2.24, 2.45) is 0 Å². The van der Waals surface area contributed by atoms with E-state index in [1.165, 1.54) is 12.1 Å². The lowest BCUT2D eigenvalue weighted by molar-refractivity contribution is -0.384. The minimum absolute atomic E-state index is 0.0502. The molecule has 1 fully saturated rings. The number of halogens is 1. The summed E-state index contributed by atoms with van der Waals surface area (Å²) in [5.74, 6) is -0.379. The van der Waals surface area contributed by atoms with Crippen LogP contribution in [0.4, 0.5) is 17.1 Å². The van der Waals surface area contributed by atoms with E-state index in [1.54, 1.807) is 30.3 Å². The van der Waals surface area contributed by atoms with E-state index in [-0.39, 0.29) is 11.6 Å². The Hall–Kier alpha value is -2.64. The SMILES string of the molecule is O=C(Nc1ccc(N2CCOCC2)c([N+](=O)[O-])c1)c1cccc(Cl)c1. The number of amides is 1. The van der Waals surface area contributed by atoms with Crippen molar-refractivity contribution in [3.63, 3.8) is 0 Å². The molecular formula is C17H16ClN3O4. The first-order valence-corrected chi connectivity index (χ1v) is 8.10. The molecule has 3 rings (SSSR count). The van der Waals surface area contributed by atoms with Crippen LogP contribution in [0.1, 0.15) is 10.4 Å². The van der Waals surface area contributed by atoms with Crippen LogP contribution in [-0.4, -0.2) is 37.1 Å². The van der Waals surface area contributed by atoms with Crippen molar-refractivity contribution in [1.29, 1.82) is 0 Å². The van der Waals surface area contributed by atoms with Gasteiger partial charge in [-0.2, -0.15) is 0 Å². The van der Waals surface area contributed by atoms with Gasteiger partial charge in [0.1, 0.15) is 5.69 Å². The molecule has 1 aliphatic rings. The normalized spacial score (nSPS) is 14.2. The van der Waals surface area contributed by atoms with Crippen LogP contribution in [0.2, 0.25) is 5.02 Å². The summed E-state index contributed by atoms with van der Waals surface area (Å²) in [5, 5.41) is 14.5. The Morgan fingerprint density at radius 3 is 2.64 bits per heavy atom. The smallest absolute Gasteiger partial charge is 0.294 e. The number of nitro benzene ring substituents is 1. The molecule has 1 saturated heterocycles. The summed E-state index contributed by atoms with van der Waals surface area (Å²) in [6.07, 6.45) is 0. The lowest BCUT2D eigenvalue weighted by atomic mass is 10.2. The monoisotopic (exact) mass is 361 g/mol. The Balaban J connectivity index is 1.84. The molecule has 0 bridgehead atoms. The zero-order valence-electron chi connectivity index (χ0n) is 13.3. The van der Waals surface area contributed by atoms with Gasteiger partial charge < -0.3 is 15.0 Å². The van der Waals surface area contributed by atoms with Crippen molar-refractivity contribution in [3.05, 3.63) is 63.2 Å². The van der Waals surface area contributed by atoms with Crippen molar-refractivity contribution in [1.82, 2.24) is 0 Å². The number of hydrogen-bond acceptors (Lipinski definition) is 5. The molecule has 1 N–H and O–H groups in total. The van der Waals surface area contributed by atoms with Crippen LogP contribution in [0.5, 0.6) is 0 Å². The van der Waals surface area contributed by atoms with E-state index in [4.69, 9.17) is 16.3 Å². The minimum atomic E-state index is -0.445. The quantitative estimate of drug-likeness (QED) is 0.667. The number of anilines is 2. The van der Waals surface area contributed by atoms with Crippen molar-refractivity contribution >= 4 is 34.6 Å². The number of nitrogens with one attached hydrogen (secondary N) is 1. The predicted octanol–water partition coefficient (Wildman–Crippen LogP) is 3.34. The van der Waals surface area contributed by atoms with Gasteiger partial charge in [-0.15, -0.1) is 0 Å². The first kappa shape index (κ1) is 17.2. The standard InChI is InChI=1S/C17H16ClN3O4/c18-13-3-1-2-12(10-13)17(22)19-14-4-5-15(16(11-14)21(23)24)20-6-8-25-9-7-20/h1-5,10-11H,6-9H2,(H,19,22). The zero-order valence-corrected chi connectivity index (χ0v) is 14.0. The number of carbonyl (C=O) groups is 1. The highest BCUT2D eigenvalue weighted by atomic mass is 35.5. The van der Waals surface area contributed by atoms with Crippen LogP contribution in [-0.2, 0) is 4.74 Å². The van der Waals surface area contributed by atoms with Crippen molar-refractivity contribution in [2.45, 2.75) is 0 Å². The number of morpholine rings is 1. The highest BCUT2D eigenvalue weighted by Crippen LogP contribution is 2.31. The summed E-state index contributed by atoms with van der Waals surface area (Å²) >= 11 is 5.88. The van der Waals surface area contributed by atoms with E-state index in [0.29, 0.717) is 48.3 Å². The molecule has 2 aromatic rings. The summed E-state index contributed by atoms with van der Waals surface area (Å²) in [6.45, 7) is 2.25. The lowest BCUT2D eigenvalue weighted by Crippen LogP contribution is -2.36. The number of hydrogen-bond donors (Lipinski definition) is 1. The summed E-state index contributed by atoms with van der Waals surface area (Å²) in [7, 11) is 0. The number of benzene rings is 2. The van der Waals surface area contributed by atoms with E-state index in [2.05, 4.69) is 5.32 Å². The van der Waals surface area contributed by atoms with Crippen molar-refractivity contribution < 1.29 is 14.5 Å². The largest absolute Gasteiger partial charge is 0.378 e. The third kappa shape index (κ3) is 4.07. The molecule has 2 aromatic carbocycles. The molecule has 1 aliphatic heterocycles. The van der Waals surface area contributed by atoms with Gasteiger partial charge in [-0.25, -0.2) is 0 Å². The van der Waals surface area contributed by atoms with Crippen LogP contribution in [0.15, 0.2) is 42.5 Å². The third-order valence-electron chi connectivity index (χ3n) is 3.87.